The normalized spacial score (nSPS) is 31.0. The highest BCUT2D eigenvalue weighted by Gasteiger charge is 2.35. The molecule has 1 aromatic rings. The van der Waals surface area contributed by atoms with E-state index in [0.29, 0.717) is 12.3 Å². The zero-order valence-corrected chi connectivity index (χ0v) is 13.2. The van der Waals surface area contributed by atoms with Crippen molar-refractivity contribution in [2.75, 3.05) is 44.2 Å². The highest BCUT2D eigenvalue weighted by molar-refractivity contribution is 5.30. The highest BCUT2D eigenvalue weighted by atomic mass is 15.4. The lowest BCUT2D eigenvalue weighted by atomic mass is 10.2. The Labute approximate surface area is 132 Å². The first-order valence-corrected chi connectivity index (χ1v) is 8.66. The number of rotatable bonds is 3. The van der Waals surface area contributed by atoms with E-state index in [2.05, 4.69) is 30.0 Å². The molecule has 3 aliphatic heterocycles. The van der Waals surface area contributed by atoms with Crippen molar-refractivity contribution in [1.82, 2.24) is 25.1 Å². The average molecular weight is 302 g/mol. The lowest BCUT2D eigenvalue weighted by Gasteiger charge is -2.45. The van der Waals surface area contributed by atoms with Crippen LogP contribution in [0.15, 0.2) is 18.5 Å². The van der Waals surface area contributed by atoms with Gasteiger partial charge in [-0.25, -0.2) is 9.97 Å². The van der Waals surface area contributed by atoms with Gasteiger partial charge in [0.1, 0.15) is 0 Å². The third-order valence-corrected chi connectivity index (χ3v) is 5.17. The van der Waals surface area contributed by atoms with Crippen molar-refractivity contribution in [3.63, 3.8) is 0 Å². The van der Waals surface area contributed by atoms with E-state index < -0.39 is 0 Å². The molecule has 120 valence electrons. The molecule has 2 unspecified atom stereocenters. The summed E-state index contributed by atoms with van der Waals surface area (Å²) in [5.74, 6) is 0.873. The Morgan fingerprint density at radius 3 is 1.82 bits per heavy atom. The van der Waals surface area contributed by atoms with Gasteiger partial charge in [-0.1, -0.05) is 0 Å². The molecule has 0 saturated carbocycles. The Bertz CT molecular complexity index is 445. The molecule has 3 aliphatic rings. The maximum atomic E-state index is 4.47. The van der Waals surface area contributed by atoms with Gasteiger partial charge in [0.05, 0.1) is 12.3 Å². The Morgan fingerprint density at radius 1 is 0.818 bits per heavy atom. The summed E-state index contributed by atoms with van der Waals surface area (Å²) in [6, 6.07) is 1.89. The number of nitrogens with zero attached hydrogens (tertiary/aromatic N) is 5. The smallest absolute Gasteiger partial charge is 0.225 e. The second kappa shape index (κ2) is 6.48. The Balaban J connectivity index is 1.53. The number of hydrogen-bond donors (Lipinski definition) is 1. The summed E-state index contributed by atoms with van der Waals surface area (Å²) in [4.78, 5) is 16.5. The van der Waals surface area contributed by atoms with E-state index in [-0.39, 0.29) is 0 Å². The van der Waals surface area contributed by atoms with Gasteiger partial charge in [-0.2, -0.15) is 0 Å². The summed E-state index contributed by atoms with van der Waals surface area (Å²) >= 11 is 0. The number of hydrogen-bond acceptors (Lipinski definition) is 6. The second-order valence-electron chi connectivity index (χ2n) is 6.64. The van der Waals surface area contributed by atoms with Crippen LogP contribution in [0.3, 0.4) is 0 Å². The predicted octanol–water partition coefficient (Wildman–Crippen LogP) is 0.730. The van der Waals surface area contributed by atoms with E-state index >= 15 is 0 Å². The van der Waals surface area contributed by atoms with Crippen molar-refractivity contribution in [2.24, 2.45) is 0 Å². The van der Waals surface area contributed by atoms with Crippen LogP contribution in [0.25, 0.3) is 0 Å². The minimum Gasteiger partial charge on any atom is -0.335 e. The molecule has 3 fully saturated rings. The van der Waals surface area contributed by atoms with Gasteiger partial charge >= 0.3 is 0 Å². The zero-order valence-electron chi connectivity index (χ0n) is 13.2. The number of nitrogens with one attached hydrogen (secondary N) is 1. The number of anilines is 1. The first kappa shape index (κ1) is 14.4. The molecule has 2 atom stereocenters. The van der Waals surface area contributed by atoms with Gasteiger partial charge in [-0.3, -0.25) is 15.1 Å². The highest BCUT2D eigenvalue weighted by Crippen LogP contribution is 2.21. The predicted molar refractivity (Wildman–Crippen MR) is 86.6 cm³/mol. The van der Waals surface area contributed by atoms with E-state index in [9.17, 15) is 0 Å². The van der Waals surface area contributed by atoms with E-state index in [1.807, 2.05) is 18.5 Å². The Hall–Kier alpha value is -1.24. The van der Waals surface area contributed by atoms with Crippen molar-refractivity contribution in [2.45, 2.75) is 38.0 Å². The van der Waals surface area contributed by atoms with Gasteiger partial charge in [0.25, 0.3) is 0 Å². The Kier molecular flexibility index (Phi) is 4.23. The van der Waals surface area contributed by atoms with Gasteiger partial charge in [0.15, 0.2) is 0 Å². The lowest BCUT2D eigenvalue weighted by molar-refractivity contribution is 0.100. The quantitative estimate of drug-likeness (QED) is 0.888. The molecule has 1 N–H and O–H groups in total. The van der Waals surface area contributed by atoms with Crippen molar-refractivity contribution in [3.05, 3.63) is 18.5 Å². The van der Waals surface area contributed by atoms with E-state index in [1.54, 1.807) is 0 Å². The van der Waals surface area contributed by atoms with Crippen LogP contribution in [-0.2, 0) is 0 Å². The first-order valence-electron chi connectivity index (χ1n) is 8.66. The summed E-state index contributed by atoms with van der Waals surface area (Å²) in [7, 11) is 0. The molecule has 6 heteroatoms. The van der Waals surface area contributed by atoms with Crippen molar-refractivity contribution >= 4 is 5.95 Å². The third kappa shape index (κ3) is 2.95. The monoisotopic (exact) mass is 302 g/mol. The minimum absolute atomic E-state index is 0.422. The zero-order chi connectivity index (χ0) is 14.8. The lowest BCUT2D eigenvalue weighted by Crippen LogP contribution is -2.66. The molecule has 3 saturated heterocycles. The fourth-order valence-electron chi connectivity index (χ4n) is 3.99. The summed E-state index contributed by atoms with van der Waals surface area (Å²) in [6.07, 6.45) is 9.85. The summed E-state index contributed by atoms with van der Waals surface area (Å²) in [6.45, 7) is 6.83. The van der Waals surface area contributed by atoms with Crippen molar-refractivity contribution in [3.8, 4) is 0 Å². The van der Waals surface area contributed by atoms with E-state index in [4.69, 9.17) is 0 Å². The molecular weight excluding hydrogens is 276 g/mol. The molecule has 0 spiro atoms. The molecule has 4 rings (SSSR count). The van der Waals surface area contributed by atoms with Crippen LogP contribution in [0.2, 0.25) is 0 Å². The third-order valence-electron chi connectivity index (χ3n) is 5.17. The number of aromatic nitrogens is 2. The SMILES string of the molecule is c1cnc(N2CC(N3CCCC3)NC(N3CCCC3)C2)nc1. The maximum Gasteiger partial charge on any atom is 0.225 e. The van der Waals surface area contributed by atoms with Gasteiger partial charge in [-0.05, 0) is 57.9 Å². The Morgan fingerprint density at radius 2 is 1.32 bits per heavy atom. The fourth-order valence-corrected chi connectivity index (χ4v) is 3.99. The maximum absolute atomic E-state index is 4.47. The molecule has 0 aromatic carbocycles. The topological polar surface area (TPSA) is 47.5 Å². The van der Waals surface area contributed by atoms with Crippen LogP contribution >= 0.6 is 0 Å². The number of piperazine rings is 1. The summed E-state index contributed by atoms with van der Waals surface area (Å²) in [5, 5.41) is 3.89. The largest absolute Gasteiger partial charge is 0.335 e. The van der Waals surface area contributed by atoms with Crippen LogP contribution < -0.4 is 10.2 Å². The van der Waals surface area contributed by atoms with Gasteiger partial charge < -0.3 is 4.90 Å². The molecule has 0 radical (unpaired) electrons. The number of likely N-dealkylation sites (tertiary alicyclic amines) is 2. The van der Waals surface area contributed by atoms with E-state index in [1.165, 1.54) is 51.9 Å². The van der Waals surface area contributed by atoms with Crippen LogP contribution in [0.1, 0.15) is 25.7 Å². The van der Waals surface area contributed by atoms with Crippen LogP contribution in [-0.4, -0.2) is 71.4 Å². The molecule has 0 bridgehead atoms. The summed E-state index contributed by atoms with van der Waals surface area (Å²) in [5.41, 5.74) is 0. The summed E-state index contributed by atoms with van der Waals surface area (Å²) < 4.78 is 0. The average Bonchev–Trinajstić information content (AvgIpc) is 3.29. The van der Waals surface area contributed by atoms with Crippen LogP contribution in [0, 0.1) is 0 Å². The molecule has 0 aliphatic carbocycles. The molecular formula is C16H26N6. The van der Waals surface area contributed by atoms with Crippen molar-refractivity contribution in [1.29, 1.82) is 0 Å². The van der Waals surface area contributed by atoms with Gasteiger partial charge in [-0.15, -0.1) is 0 Å². The molecule has 4 heterocycles. The molecule has 22 heavy (non-hydrogen) atoms. The molecule has 0 amide bonds. The molecule has 6 nitrogen and oxygen atoms in total. The minimum atomic E-state index is 0.422. The first-order chi connectivity index (χ1) is 10.9. The molecule has 1 aromatic heterocycles. The van der Waals surface area contributed by atoms with Crippen LogP contribution in [0.4, 0.5) is 5.95 Å². The van der Waals surface area contributed by atoms with Crippen LogP contribution in [0.5, 0.6) is 0 Å². The van der Waals surface area contributed by atoms with Gasteiger partial charge in [0, 0.05) is 25.5 Å². The van der Waals surface area contributed by atoms with E-state index in [0.717, 1.165) is 19.0 Å². The standard InChI is InChI=1S/C16H26N6/c1-2-9-20(8-1)14-12-22(16-17-6-5-7-18-16)13-15(19-14)21-10-3-4-11-21/h5-7,14-15,19H,1-4,8-13H2. The fraction of sp³-hybridized carbons (Fsp3) is 0.750. The van der Waals surface area contributed by atoms with Crippen molar-refractivity contribution < 1.29 is 0 Å². The second-order valence-corrected chi connectivity index (χ2v) is 6.64. The van der Waals surface area contributed by atoms with Gasteiger partial charge in [0.2, 0.25) is 5.95 Å².